The second kappa shape index (κ2) is 8.84. The van der Waals surface area contributed by atoms with Crippen LogP contribution in [-0.2, 0) is 6.54 Å². The number of rotatable bonds is 4. The number of benzene rings is 1. The van der Waals surface area contributed by atoms with E-state index in [0.717, 1.165) is 11.3 Å². The summed E-state index contributed by atoms with van der Waals surface area (Å²) in [5, 5.41) is 16.0. The Hall–Kier alpha value is -1.18. The first-order valence-corrected chi connectivity index (χ1v) is 5.90. The van der Waals surface area contributed by atoms with Gasteiger partial charge in [0.25, 0.3) is 0 Å². The summed E-state index contributed by atoms with van der Waals surface area (Å²) in [6.45, 7) is 4.56. The van der Waals surface area contributed by atoms with Gasteiger partial charge in [0, 0.05) is 25.2 Å². The van der Waals surface area contributed by atoms with Crippen molar-refractivity contribution in [2.45, 2.75) is 26.4 Å². The van der Waals surface area contributed by atoms with Gasteiger partial charge in [-0.3, -0.25) is 4.99 Å². The standard InChI is InChI=1S/C13H21N3O2.HI/c1-9(2)16-13(14-3)15-8-10-7-11(18-4)5-6-12(10)17;/h5-7,9,17H,8H2,1-4H3,(H2,14,15,16);1H. The number of ether oxygens (including phenoxy) is 1. The third-order valence-corrected chi connectivity index (χ3v) is 2.38. The van der Waals surface area contributed by atoms with E-state index in [4.69, 9.17) is 4.74 Å². The van der Waals surface area contributed by atoms with E-state index in [2.05, 4.69) is 15.6 Å². The van der Waals surface area contributed by atoms with Gasteiger partial charge in [-0.2, -0.15) is 0 Å². The maximum atomic E-state index is 9.74. The summed E-state index contributed by atoms with van der Waals surface area (Å²) in [6, 6.07) is 5.44. The van der Waals surface area contributed by atoms with E-state index in [1.165, 1.54) is 0 Å². The fourth-order valence-electron chi connectivity index (χ4n) is 1.48. The molecule has 108 valence electrons. The Morgan fingerprint density at radius 1 is 1.42 bits per heavy atom. The van der Waals surface area contributed by atoms with Crippen molar-refractivity contribution in [2.75, 3.05) is 14.2 Å². The van der Waals surface area contributed by atoms with Crippen LogP contribution in [0.25, 0.3) is 0 Å². The van der Waals surface area contributed by atoms with Gasteiger partial charge in [-0.05, 0) is 32.0 Å². The zero-order valence-corrected chi connectivity index (χ0v) is 14.1. The van der Waals surface area contributed by atoms with E-state index < -0.39 is 0 Å². The van der Waals surface area contributed by atoms with E-state index in [-0.39, 0.29) is 29.7 Å². The van der Waals surface area contributed by atoms with Crippen molar-refractivity contribution in [1.29, 1.82) is 0 Å². The molecule has 0 fully saturated rings. The highest BCUT2D eigenvalue weighted by Crippen LogP contribution is 2.22. The first-order chi connectivity index (χ1) is 8.56. The van der Waals surface area contributed by atoms with Crippen molar-refractivity contribution >= 4 is 29.9 Å². The Morgan fingerprint density at radius 3 is 2.63 bits per heavy atom. The number of aliphatic imine (C=N–C) groups is 1. The van der Waals surface area contributed by atoms with Crippen LogP contribution in [0.5, 0.6) is 11.5 Å². The third kappa shape index (κ3) is 6.00. The molecule has 6 heteroatoms. The van der Waals surface area contributed by atoms with Crippen molar-refractivity contribution < 1.29 is 9.84 Å². The molecule has 5 nitrogen and oxygen atoms in total. The van der Waals surface area contributed by atoms with Crippen LogP contribution < -0.4 is 15.4 Å². The monoisotopic (exact) mass is 379 g/mol. The van der Waals surface area contributed by atoms with Crippen LogP contribution in [-0.4, -0.2) is 31.3 Å². The topological polar surface area (TPSA) is 65.9 Å². The van der Waals surface area contributed by atoms with E-state index in [1.54, 1.807) is 32.4 Å². The summed E-state index contributed by atoms with van der Waals surface area (Å²) in [5.74, 6) is 1.66. The van der Waals surface area contributed by atoms with Gasteiger partial charge < -0.3 is 20.5 Å². The average Bonchev–Trinajstić information content (AvgIpc) is 2.35. The number of hydrogen-bond donors (Lipinski definition) is 3. The minimum absolute atomic E-state index is 0. The Labute approximate surface area is 131 Å². The predicted octanol–water partition coefficient (Wildman–Crippen LogP) is 2.09. The zero-order valence-electron chi connectivity index (χ0n) is 11.7. The second-order valence-electron chi connectivity index (χ2n) is 4.22. The lowest BCUT2D eigenvalue weighted by Crippen LogP contribution is -2.40. The van der Waals surface area contributed by atoms with Crippen LogP contribution in [0, 0.1) is 0 Å². The zero-order chi connectivity index (χ0) is 13.5. The van der Waals surface area contributed by atoms with Crippen molar-refractivity contribution in [2.24, 2.45) is 4.99 Å². The van der Waals surface area contributed by atoms with Crippen LogP contribution in [0.15, 0.2) is 23.2 Å². The quantitative estimate of drug-likeness (QED) is 0.426. The molecule has 0 saturated heterocycles. The van der Waals surface area contributed by atoms with Crippen molar-refractivity contribution in [3.8, 4) is 11.5 Å². The van der Waals surface area contributed by atoms with Crippen molar-refractivity contribution in [3.63, 3.8) is 0 Å². The molecule has 0 bridgehead atoms. The summed E-state index contributed by atoms with van der Waals surface area (Å²) < 4.78 is 5.12. The SMILES string of the molecule is CN=C(NCc1cc(OC)ccc1O)NC(C)C.I. The highest BCUT2D eigenvalue weighted by atomic mass is 127. The molecule has 0 radical (unpaired) electrons. The van der Waals surface area contributed by atoms with E-state index in [0.29, 0.717) is 18.5 Å². The molecule has 0 heterocycles. The van der Waals surface area contributed by atoms with Gasteiger partial charge in [0.05, 0.1) is 7.11 Å². The van der Waals surface area contributed by atoms with Crippen LogP contribution >= 0.6 is 24.0 Å². The molecule has 0 aromatic heterocycles. The first-order valence-electron chi connectivity index (χ1n) is 5.90. The van der Waals surface area contributed by atoms with Crippen LogP contribution in [0.1, 0.15) is 19.4 Å². The molecule has 0 amide bonds. The minimum atomic E-state index is 0. The number of phenolic OH excluding ortho intramolecular Hbond substituents is 1. The molecule has 1 aromatic carbocycles. The molecule has 0 aliphatic rings. The molecular formula is C13H22IN3O2. The third-order valence-electron chi connectivity index (χ3n) is 2.38. The Balaban J connectivity index is 0.00000324. The highest BCUT2D eigenvalue weighted by Gasteiger charge is 2.05. The summed E-state index contributed by atoms with van der Waals surface area (Å²) in [6.07, 6.45) is 0. The molecule has 0 unspecified atom stereocenters. The Morgan fingerprint density at radius 2 is 2.11 bits per heavy atom. The van der Waals surface area contributed by atoms with Gasteiger partial charge in [0.15, 0.2) is 5.96 Å². The van der Waals surface area contributed by atoms with Gasteiger partial charge in [-0.25, -0.2) is 0 Å². The molecule has 19 heavy (non-hydrogen) atoms. The molecule has 0 aliphatic carbocycles. The molecule has 0 spiro atoms. The number of nitrogens with zero attached hydrogens (tertiary/aromatic N) is 1. The van der Waals surface area contributed by atoms with E-state index in [9.17, 15) is 5.11 Å². The maximum absolute atomic E-state index is 9.74. The number of hydrogen-bond acceptors (Lipinski definition) is 3. The number of methoxy groups -OCH3 is 1. The maximum Gasteiger partial charge on any atom is 0.191 e. The fraction of sp³-hybridized carbons (Fsp3) is 0.462. The lowest BCUT2D eigenvalue weighted by atomic mass is 10.2. The summed E-state index contributed by atoms with van der Waals surface area (Å²) in [5.41, 5.74) is 0.765. The van der Waals surface area contributed by atoms with Gasteiger partial charge >= 0.3 is 0 Å². The predicted molar refractivity (Wildman–Crippen MR) is 88.5 cm³/mol. The van der Waals surface area contributed by atoms with Gasteiger partial charge in [-0.15, -0.1) is 24.0 Å². The normalized spacial score (nSPS) is 10.9. The number of aromatic hydroxyl groups is 1. The Bertz CT molecular complexity index is 422. The van der Waals surface area contributed by atoms with Gasteiger partial charge in [-0.1, -0.05) is 0 Å². The van der Waals surface area contributed by atoms with Gasteiger partial charge in [0.1, 0.15) is 11.5 Å². The summed E-state index contributed by atoms with van der Waals surface area (Å²) in [4.78, 5) is 4.10. The largest absolute Gasteiger partial charge is 0.508 e. The van der Waals surface area contributed by atoms with Crippen LogP contribution in [0.4, 0.5) is 0 Å². The first kappa shape index (κ1) is 17.8. The van der Waals surface area contributed by atoms with Crippen LogP contribution in [0.2, 0.25) is 0 Å². The summed E-state index contributed by atoms with van der Waals surface area (Å²) in [7, 11) is 3.31. The van der Waals surface area contributed by atoms with Crippen molar-refractivity contribution in [3.05, 3.63) is 23.8 Å². The molecule has 1 aromatic rings. The molecule has 0 aliphatic heterocycles. The smallest absolute Gasteiger partial charge is 0.191 e. The Kier molecular flexibility index (Phi) is 8.29. The molecule has 0 atom stereocenters. The number of nitrogens with one attached hydrogen (secondary N) is 2. The molecule has 1 rings (SSSR count). The van der Waals surface area contributed by atoms with Gasteiger partial charge in [0.2, 0.25) is 0 Å². The fourth-order valence-corrected chi connectivity index (χ4v) is 1.48. The number of guanidine groups is 1. The van der Waals surface area contributed by atoms with E-state index >= 15 is 0 Å². The molecular weight excluding hydrogens is 357 g/mol. The van der Waals surface area contributed by atoms with Crippen molar-refractivity contribution in [1.82, 2.24) is 10.6 Å². The average molecular weight is 379 g/mol. The second-order valence-corrected chi connectivity index (χ2v) is 4.22. The molecule has 0 saturated carbocycles. The summed E-state index contributed by atoms with van der Waals surface area (Å²) >= 11 is 0. The number of halogens is 1. The molecule has 3 N–H and O–H groups in total. The highest BCUT2D eigenvalue weighted by molar-refractivity contribution is 14.0. The minimum Gasteiger partial charge on any atom is -0.508 e. The lowest BCUT2D eigenvalue weighted by molar-refractivity contribution is 0.410. The van der Waals surface area contributed by atoms with Crippen LogP contribution in [0.3, 0.4) is 0 Å². The number of phenols is 1. The lowest BCUT2D eigenvalue weighted by Gasteiger charge is -2.15. The van der Waals surface area contributed by atoms with E-state index in [1.807, 2.05) is 13.8 Å².